The molecule has 0 aliphatic carbocycles. The van der Waals surface area contributed by atoms with E-state index in [4.69, 9.17) is 9.47 Å². The Kier molecular flexibility index (Phi) is 4.61. The lowest BCUT2D eigenvalue weighted by atomic mass is 9.95. The van der Waals surface area contributed by atoms with Crippen LogP contribution in [0.5, 0.6) is 5.75 Å². The van der Waals surface area contributed by atoms with Gasteiger partial charge in [0.2, 0.25) is 0 Å². The minimum absolute atomic E-state index is 0.144. The molecule has 0 amide bonds. The fourth-order valence-electron chi connectivity index (χ4n) is 2.26. The number of hydrogen-bond acceptors (Lipinski definition) is 3. The summed E-state index contributed by atoms with van der Waals surface area (Å²) in [5, 5.41) is 2.29. The molecule has 0 heterocycles. The van der Waals surface area contributed by atoms with Crippen molar-refractivity contribution in [3.8, 4) is 5.75 Å². The van der Waals surface area contributed by atoms with Crippen LogP contribution in [-0.4, -0.2) is 19.7 Å². The lowest BCUT2D eigenvalue weighted by molar-refractivity contribution is -0.143. The summed E-state index contributed by atoms with van der Waals surface area (Å²) in [7, 11) is 1.66. The van der Waals surface area contributed by atoms with E-state index in [1.165, 1.54) is 0 Å². The lowest BCUT2D eigenvalue weighted by Gasteiger charge is -2.12. The van der Waals surface area contributed by atoms with E-state index in [2.05, 4.69) is 18.2 Å². The normalized spacial score (nSPS) is 12.2. The van der Waals surface area contributed by atoms with Gasteiger partial charge in [-0.25, -0.2) is 0 Å². The summed E-state index contributed by atoms with van der Waals surface area (Å²) in [6.07, 6.45) is 0.412. The van der Waals surface area contributed by atoms with Gasteiger partial charge in [0.25, 0.3) is 0 Å². The van der Waals surface area contributed by atoms with Gasteiger partial charge >= 0.3 is 5.97 Å². The third-order valence-electron chi connectivity index (χ3n) is 3.42. The number of carbonyl (C=O) groups excluding carboxylic acids is 1. The van der Waals surface area contributed by atoms with E-state index in [0.717, 1.165) is 22.1 Å². The Labute approximate surface area is 119 Å². The lowest BCUT2D eigenvalue weighted by Crippen LogP contribution is -2.08. The van der Waals surface area contributed by atoms with E-state index < -0.39 is 0 Å². The summed E-state index contributed by atoms with van der Waals surface area (Å²) in [5.41, 5.74) is 1.15. The van der Waals surface area contributed by atoms with Crippen LogP contribution in [0.2, 0.25) is 0 Å². The van der Waals surface area contributed by atoms with Gasteiger partial charge in [-0.2, -0.15) is 0 Å². The van der Waals surface area contributed by atoms with Crippen molar-refractivity contribution in [3.63, 3.8) is 0 Å². The molecule has 106 valence electrons. The predicted molar refractivity (Wildman–Crippen MR) is 80.2 cm³/mol. The first kappa shape index (κ1) is 14.4. The zero-order valence-corrected chi connectivity index (χ0v) is 12.2. The molecule has 0 saturated carbocycles. The SMILES string of the molecule is CCOC(=O)C[C@@H](C)c1ccc2cc(OC)ccc2c1. The van der Waals surface area contributed by atoms with Crippen LogP contribution in [0.3, 0.4) is 0 Å². The summed E-state index contributed by atoms with van der Waals surface area (Å²) >= 11 is 0. The number of benzene rings is 2. The molecule has 0 N–H and O–H groups in total. The molecular formula is C17H20O3. The molecule has 0 spiro atoms. The third kappa shape index (κ3) is 3.29. The molecule has 0 aromatic heterocycles. The minimum atomic E-state index is -0.144. The van der Waals surface area contributed by atoms with Gasteiger partial charge in [-0.1, -0.05) is 31.2 Å². The Balaban J connectivity index is 2.20. The molecule has 2 aromatic carbocycles. The molecule has 0 aliphatic heterocycles. The highest BCUT2D eigenvalue weighted by molar-refractivity contribution is 5.84. The number of ether oxygens (including phenoxy) is 2. The second-order valence-electron chi connectivity index (χ2n) is 4.88. The quantitative estimate of drug-likeness (QED) is 0.774. The van der Waals surface area contributed by atoms with Crippen LogP contribution in [0.25, 0.3) is 10.8 Å². The zero-order chi connectivity index (χ0) is 14.5. The van der Waals surface area contributed by atoms with Crippen molar-refractivity contribution in [2.45, 2.75) is 26.2 Å². The van der Waals surface area contributed by atoms with Crippen molar-refractivity contribution in [2.75, 3.05) is 13.7 Å². The van der Waals surface area contributed by atoms with Gasteiger partial charge in [0.15, 0.2) is 0 Å². The fourth-order valence-corrected chi connectivity index (χ4v) is 2.26. The number of esters is 1. The van der Waals surface area contributed by atoms with E-state index in [9.17, 15) is 4.79 Å². The highest BCUT2D eigenvalue weighted by Crippen LogP contribution is 2.26. The first-order valence-corrected chi connectivity index (χ1v) is 6.87. The standard InChI is InChI=1S/C17H20O3/c1-4-20-17(18)9-12(2)13-5-6-15-11-16(19-3)8-7-14(15)10-13/h5-8,10-12H,4,9H2,1-3H3/t12-/m1/s1. The average molecular weight is 272 g/mol. The van der Waals surface area contributed by atoms with Crippen LogP contribution in [0.1, 0.15) is 31.7 Å². The Hall–Kier alpha value is -2.03. The van der Waals surface area contributed by atoms with Gasteiger partial charge in [-0.3, -0.25) is 4.79 Å². The van der Waals surface area contributed by atoms with Crippen molar-refractivity contribution in [1.29, 1.82) is 0 Å². The van der Waals surface area contributed by atoms with Gasteiger partial charge in [0.1, 0.15) is 5.75 Å². The van der Waals surface area contributed by atoms with Crippen LogP contribution in [-0.2, 0) is 9.53 Å². The molecule has 0 bridgehead atoms. The van der Waals surface area contributed by atoms with E-state index in [1.54, 1.807) is 7.11 Å². The molecule has 1 atom stereocenters. The second kappa shape index (κ2) is 6.42. The molecule has 0 fully saturated rings. The molecule has 2 rings (SSSR count). The summed E-state index contributed by atoms with van der Waals surface area (Å²) in [4.78, 5) is 11.5. The van der Waals surface area contributed by atoms with E-state index >= 15 is 0 Å². The molecule has 0 unspecified atom stereocenters. The van der Waals surface area contributed by atoms with Gasteiger partial charge < -0.3 is 9.47 Å². The zero-order valence-electron chi connectivity index (χ0n) is 12.2. The molecule has 0 aliphatic rings. The number of methoxy groups -OCH3 is 1. The largest absolute Gasteiger partial charge is 0.497 e. The molecular weight excluding hydrogens is 252 g/mol. The number of rotatable bonds is 5. The topological polar surface area (TPSA) is 35.5 Å². The summed E-state index contributed by atoms with van der Waals surface area (Å²) in [6.45, 7) is 4.30. The minimum Gasteiger partial charge on any atom is -0.497 e. The summed E-state index contributed by atoms with van der Waals surface area (Å²) < 4.78 is 10.2. The van der Waals surface area contributed by atoms with Crippen molar-refractivity contribution < 1.29 is 14.3 Å². The highest BCUT2D eigenvalue weighted by atomic mass is 16.5. The molecule has 20 heavy (non-hydrogen) atoms. The molecule has 3 heteroatoms. The van der Waals surface area contributed by atoms with Crippen LogP contribution in [0.15, 0.2) is 36.4 Å². The molecule has 0 saturated heterocycles. The molecule has 2 aromatic rings. The van der Waals surface area contributed by atoms with Gasteiger partial charge in [0, 0.05) is 0 Å². The maximum Gasteiger partial charge on any atom is 0.306 e. The summed E-state index contributed by atoms with van der Waals surface area (Å²) in [6, 6.07) is 12.2. The van der Waals surface area contributed by atoms with Crippen molar-refractivity contribution in [1.82, 2.24) is 0 Å². The van der Waals surface area contributed by atoms with Crippen molar-refractivity contribution >= 4 is 16.7 Å². The first-order valence-electron chi connectivity index (χ1n) is 6.87. The molecule has 0 radical (unpaired) electrons. The maximum absolute atomic E-state index is 11.5. The monoisotopic (exact) mass is 272 g/mol. The van der Waals surface area contributed by atoms with Gasteiger partial charge in [-0.05, 0) is 41.3 Å². The Bertz CT molecular complexity index is 604. The number of carbonyl (C=O) groups is 1. The third-order valence-corrected chi connectivity index (χ3v) is 3.42. The number of hydrogen-bond donors (Lipinski definition) is 0. The second-order valence-corrected chi connectivity index (χ2v) is 4.88. The van der Waals surface area contributed by atoms with E-state index in [0.29, 0.717) is 13.0 Å². The fraction of sp³-hybridized carbons (Fsp3) is 0.353. The Morgan fingerprint density at radius 1 is 1.15 bits per heavy atom. The van der Waals surface area contributed by atoms with Crippen LogP contribution in [0.4, 0.5) is 0 Å². The number of fused-ring (bicyclic) bond motifs is 1. The van der Waals surface area contributed by atoms with Crippen LogP contribution >= 0.6 is 0 Å². The Morgan fingerprint density at radius 3 is 2.55 bits per heavy atom. The Morgan fingerprint density at radius 2 is 1.85 bits per heavy atom. The van der Waals surface area contributed by atoms with Crippen molar-refractivity contribution in [3.05, 3.63) is 42.0 Å². The van der Waals surface area contributed by atoms with E-state index in [1.807, 2.05) is 32.0 Å². The average Bonchev–Trinajstić information content (AvgIpc) is 2.46. The van der Waals surface area contributed by atoms with Crippen LogP contribution in [0, 0.1) is 0 Å². The first-order chi connectivity index (χ1) is 9.63. The van der Waals surface area contributed by atoms with Gasteiger partial charge in [0.05, 0.1) is 20.1 Å². The van der Waals surface area contributed by atoms with Gasteiger partial charge in [-0.15, -0.1) is 0 Å². The van der Waals surface area contributed by atoms with Crippen molar-refractivity contribution in [2.24, 2.45) is 0 Å². The highest BCUT2D eigenvalue weighted by Gasteiger charge is 2.12. The van der Waals surface area contributed by atoms with E-state index in [-0.39, 0.29) is 11.9 Å². The predicted octanol–water partition coefficient (Wildman–Crippen LogP) is 3.91. The van der Waals surface area contributed by atoms with Crippen LogP contribution < -0.4 is 4.74 Å². The summed E-state index contributed by atoms with van der Waals surface area (Å²) in [5.74, 6) is 0.861. The molecule has 3 nitrogen and oxygen atoms in total. The smallest absolute Gasteiger partial charge is 0.306 e. The maximum atomic E-state index is 11.5.